The lowest BCUT2D eigenvalue weighted by Gasteiger charge is -2.52. The van der Waals surface area contributed by atoms with Crippen molar-refractivity contribution in [1.82, 2.24) is 9.38 Å². The summed E-state index contributed by atoms with van der Waals surface area (Å²) in [6, 6.07) is 6.24. The molecule has 0 spiro atoms. The van der Waals surface area contributed by atoms with E-state index in [0.717, 1.165) is 24.2 Å². The molecule has 2 heterocycles. The molecule has 3 nitrogen and oxygen atoms in total. The molecule has 2 N–H and O–H groups in total. The zero-order valence-corrected chi connectivity index (χ0v) is 11.5. The third kappa shape index (κ3) is 1.44. The van der Waals surface area contributed by atoms with Gasteiger partial charge in [-0.25, -0.2) is 4.98 Å². The number of imidazole rings is 1. The smallest absolute Gasteiger partial charge is 0.151 e. The van der Waals surface area contributed by atoms with E-state index >= 15 is 0 Å². The average Bonchev–Trinajstić information content (AvgIpc) is 2.70. The van der Waals surface area contributed by atoms with Crippen molar-refractivity contribution in [3.8, 4) is 0 Å². The quantitative estimate of drug-likeness (QED) is 0.904. The summed E-state index contributed by atoms with van der Waals surface area (Å²) in [5.41, 5.74) is 8.36. The highest BCUT2D eigenvalue weighted by Gasteiger charge is 2.50. The zero-order valence-electron chi connectivity index (χ0n) is 10.7. The Morgan fingerprint density at radius 3 is 3.00 bits per heavy atom. The molecule has 0 amide bonds. The number of rotatable bonds is 2. The van der Waals surface area contributed by atoms with Gasteiger partial charge in [0.1, 0.15) is 5.65 Å². The SMILES string of the molecule is CCC1(C)C(N)CC1c1c(Cl)nc2ccccn12. The topological polar surface area (TPSA) is 43.3 Å². The second-order valence-electron chi connectivity index (χ2n) is 5.47. The first-order valence-corrected chi connectivity index (χ1v) is 6.83. The first-order valence-electron chi connectivity index (χ1n) is 6.46. The molecule has 3 atom stereocenters. The molecule has 1 saturated carbocycles. The summed E-state index contributed by atoms with van der Waals surface area (Å²) in [5.74, 6) is 0.405. The van der Waals surface area contributed by atoms with E-state index in [9.17, 15) is 0 Å². The summed E-state index contributed by atoms with van der Waals surface area (Å²) in [6.45, 7) is 4.45. The van der Waals surface area contributed by atoms with Crippen molar-refractivity contribution in [3.63, 3.8) is 0 Å². The second kappa shape index (κ2) is 3.97. The van der Waals surface area contributed by atoms with Gasteiger partial charge in [-0.05, 0) is 30.4 Å². The average molecular weight is 264 g/mol. The van der Waals surface area contributed by atoms with Crippen LogP contribution in [0.5, 0.6) is 0 Å². The molecule has 2 aromatic heterocycles. The molecule has 1 aliphatic carbocycles. The first kappa shape index (κ1) is 12.0. The van der Waals surface area contributed by atoms with Crippen molar-refractivity contribution < 1.29 is 0 Å². The van der Waals surface area contributed by atoms with Crippen molar-refractivity contribution >= 4 is 17.2 Å². The van der Waals surface area contributed by atoms with Crippen LogP contribution in [0.4, 0.5) is 0 Å². The Bertz CT molecular complexity index is 592. The molecular weight excluding hydrogens is 246 g/mol. The second-order valence-corrected chi connectivity index (χ2v) is 5.83. The fraction of sp³-hybridized carbons (Fsp3) is 0.500. The van der Waals surface area contributed by atoms with Gasteiger partial charge >= 0.3 is 0 Å². The molecule has 1 aliphatic rings. The first-order chi connectivity index (χ1) is 8.58. The lowest BCUT2D eigenvalue weighted by Crippen LogP contribution is -2.54. The van der Waals surface area contributed by atoms with Crippen LogP contribution in [0.1, 0.15) is 38.3 Å². The van der Waals surface area contributed by atoms with Gasteiger partial charge in [0.05, 0.1) is 5.69 Å². The maximum Gasteiger partial charge on any atom is 0.151 e. The Kier molecular flexibility index (Phi) is 2.65. The predicted molar refractivity (Wildman–Crippen MR) is 73.9 cm³/mol. The van der Waals surface area contributed by atoms with E-state index in [1.165, 1.54) is 0 Å². The Labute approximate surface area is 112 Å². The molecule has 0 saturated heterocycles. The van der Waals surface area contributed by atoms with Crippen molar-refractivity contribution in [2.75, 3.05) is 0 Å². The predicted octanol–water partition coefficient (Wildman–Crippen LogP) is 3.22. The van der Waals surface area contributed by atoms with Crippen LogP contribution in [0.25, 0.3) is 5.65 Å². The Morgan fingerprint density at radius 1 is 1.56 bits per heavy atom. The van der Waals surface area contributed by atoms with Gasteiger partial charge in [-0.1, -0.05) is 31.5 Å². The molecule has 3 unspecified atom stereocenters. The van der Waals surface area contributed by atoms with Crippen LogP contribution in [-0.2, 0) is 0 Å². The van der Waals surface area contributed by atoms with Gasteiger partial charge in [-0.3, -0.25) is 0 Å². The molecule has 18 heavy (non-hydrogen) atoms. The zero-order chi connectivity index (χ0) is 12.9. The molecule has 4 heteroatoms. The number of hydrogen-bond acceptors (Lipinski definition) is 2. The summed E-state index contributed by atoms with van der Waals surface area (Å²) >= 11 is 6.33. The van der Waals surface area contributed by atoms with Crippen LogP contribution in [0.2, 0.25) is 5.15 Å². The third-order valence-electron chi connectivity index (χ3n) is 4.75. The lowest BCUT2D eigenvalue weighted by molar-refractivity contribution is 0.0674. The highest BCUT2D eigenvalue weighted by Crippen LogP contribution is 2.55. The van der Waals surface area contributed by atoms with Gasteiger partial charge in [0.25, 0.3) is 0 Å². The highest BCUT2D eigenvalue weighted by molar-refractivity contribution is 6.30. The molecule has 0 radical (unpaired) electrons. The van der Waals surface area contributed by atoms with Crippen molar-refractivity contribution in [2.24, 2.45) is 11.1 Å². The molecule has 96 valence electrons. The van der Waals surface area contributed by atoms with Crippen LogP contribution < -0.4 is 5.73 Å². The van der Waals surface area contributed by atoms with Gasteiger partial charge in [0.15, 0.2) is 5.15 Å². The number of nitrogens with zero attached hydrogens (tertiary/aromatic N) is 2. The standard InChI is InChI=1S/C14H18ClN3/c1-3-14(2)9(8-10(14)16)12-13(15)17-11-6-4-5-7-18(11)12/h4-7,9-10H,3,8,16H2,1-2H3. The number of aromatic nitrogens is 2. The number of fused-ring (bicyclic) bond motifs is 1. The fourth-order valence-corrected chi connectivity index (χ4v) is 3.43. The summed E-state index contributed by atoms with van der Waals surface area (Å²) in [6.07, 6.45) is 4.09. The van der Waals surface area contributed by atoms with E-state index < -0.39 is 0 Å². The van der Waals surface area contributed by atoms with E-state index in [2.05, 4.69) is 23.2 Å². The summed E-state index contributed by atoms with van der Waals surface area (Å²) in [5, 5.41) is 0.623. The normalized spacial score (nSPS) is 31.6. The minimum absolute atomic E-state index is 0.134. The molecule has 0 aromatic carbocycles. The van der Waals surface area contributed by atoms with Crippen LogP contribution in [-0.4, -0.2) is 15.4 Å². The third-order valence-corrected chi connectivity index (χ3v) is 5.02. The van der Waals surface area contributed by atoms with E-state index in [1.54, 1.807) is 0 Å². The number of pyridine rings is 1. The number of hydrogen-bond donors (Lipinski definition) is 1. The number of nitrogens with two attached hydrogens (primary N) is 1. The summed E-state index contributed by atoms with van der Waals surface area (Å²) in [4.78, 5) is 4.43. The van der Waals surface area contributed by atoms with Crippen molar-refractivity contribution in [2.45, 2.75) is 38.6 Å². The molecule has 0 aliphatic heterocycles. The minimum atomic E-state index is 0.134. The van der Waals surface area contributed by atoms with Gasteiger partial charge in [0.2, 0.25) is 0 Å². The van der Waals surface area contributed by atoms with Crippen LogP contribution in [0.15, 0.2) is 24.4 Å². The lowest BCUT2D eigenvalue weighted by atomic mass is 9.55. The van der Waals surface area contributed by atoms with Crippen molar-refractivity contribution in [1.29, 1.82) is 0 Å². The largest absolute Gasteiger partial charge is 0.327 e. The number of halogens is 1. The van der Waals surface area contributed by atoms with Crippen molar-refractivity contribution in [3.05, 3.63) is 35.2 Å². The molecular formula is C14H18ClN3. The molecule has 2 aromatic rings. The molecule has 1 fully saturated rings. The molecule has 0 bridgehead atoms. The maximum atomic E-state index is 6.33. The molecule has 3 rings (SSSR count). The van der Waals surface area contributed by atoms with Gasteiger partial charge in [-0.2, -0.15) is 0 Å². The Balaban J connectivity index is 2.13. The van der Waals surface area contributed by atoms with Crippen LogP contribution in [0.3, 0.4) is 0 Å². The van der Waals surface area contributed by atoms with Gasteiger partial charge < -0.3 is 10.1 Å². The summed E-state index contributed by atoms with van der Waals surface area (Å²) in [7, 11) is 0. The van der Waals surface area contributed by atoms with Crippen LogP contribution >= 0.6 is 11.6 Å². The highest BCUT2D eigenvalue weighted by atomic mass is 35.5. The maximum absolute atomic E-state index is 6.33. The van der Waals surface area contributed by atoms with Crippen LogP contribution in [0, 0.1) is 5.41 Å². The van der Waals surface area contributed by atoms with E-state index in [1.807, 2.05) is 24.4 Å². The Morgan fingerprint density at radius 2 is 2.33 bits per heavy atom. The van der Waals surface area contributed by atoms with E-state index in [0.29, 0.717) is 11.1 Å². The summed E-state index contributed by atoms with van der Waals surface area (Å²) < 4.78 is 2.10. The fourth-order valence-electron chi connectivity index (χ4n) is 3.12. The Hall–Kier alpha value is -1.06. The van der Waals surface area contributed by atoms with Gasteiger partial charge in [0, 0.05) is 18.2 Å². The van der Waals surface area contributed by atoms with Gasteiger partial charge in [-0.15, -0.1) is 0 Å². The minimum Gasteiger partial charge on any atom is -0.327 e. The monoisotopic (exact) mass is 263 g/mol. The van der Waals surface area contributed by atoms with E-state index in [-0.39, 0.29) is 11.5 Å². The van der Waals surface area contributed by atoms with E-state index in [4.69, 9.17) is 17.3 Å².